The molecule has 2 aromatic rings. The van der Waals surface area contributed by atoms with Gasteiger partial charge in [0.25, 0.3) is 6.43 Å². The summed E-state index contributed by atoms with van der Waals surface area (Å²) in [5.41, 5.74) is 1.71. The highest BCUT2D eigenvalue weighted by Gasteiger charge is 2.05. The number of anilines is 1. The first kappa shape index (κ1) is 22.4. The van der Waals surface area contributed by atoms with Crippen LogP contribution in [-0.4, -0.2) is 46.4 Å². The number of benzene rings is 2. The number of aliphatic imine (C=N–C) groups is 1. The Hall–Kier alpha value is -2.87. The number of halogens is 2. The molecule has 0 bridgehead atoms. The lowest BCUT2D eigenvalue weighted by molar-refractivity contribution is 0.0818. The monoisotopic (exact) mass is 407 g/mol. The van der Waals surface area contributed by atoms with E-state index in [0.717, 1.165) is 23.4 Å². The Balaban J connectivity index is 1.87. The number of alkyl halides is 2. The van der Waals surface area contributed by atoms with Gasteiger partial charge in [0, 0.05) is 45.5 Å². The minimum absolute atomic E-state index is 0.408. The molecule has 0 amide bonds. The van der Waals surface area contributed by atoms with Crippen LogP contribution in [0.15, 0.2) is 53.5 Å². The van der Waals surface area contributed by atoms with E-state index in [9.17, 15) is 8.78 Å². The predicted molar refractivity (Wildman–Crippen MR) is 110 cm³/mol. The molecule has 0 fully saturated rings. The third-order valence-electron chi connectivity index (χ3n) is 3.82. The van der Waals surface area contributed by atoms with Gasteiger partial charge in [-0.15, -0.1) is 0 Å². The zero-order valence-corrected chi connectivity index (χ0v) is 16.7. The van der Waals surface area contributed by atoms with Crippen LogP contribution in [-0.2, 0) is 11.3 Å². The van der Waals surface area contributed by atoms with Gasteiger partial charge in [0.15, 0.2) is 5.96 Å². The largest absolute Gasteiger partial charge is 0.493 e. The van der Waals surface area contributed by atoms with Gasteiger partial charge in [0.1, 0.15) is 18.1 Å². The van der Waals surface area contributed by atoms with Gasteiger partial charge < -0.3 is 24.8 Å². The normalized spacial score (nSPS) is 11.4. The molecule has 29 heavy (non-hydrogen) atoms. The van der Waals surface area contributed by atoms with E-state index in [-0.39, 0.29) is 0 Å². The summed E-state index contributed by atoms with van der Waals surface area (Å²) in [7, 11) is 3.33. The van der Waals surface area contributed by atoms with Crippen LogP contribution >= 0.6 is 0 Å². The molecule has 2 aromatic carbocycles. The van der Waals surface area contributed by atoms with Crippen LogP contribution in [0.3, 0.4) is 0 Å². The van der Waals surface area contributed by atoms with Gasteiger partial charge in [-0.3, -0.25) is 4.99 Å². The summed E-state index contributed by atoms with van der Waals surface area (Å²) in [6.07, 6.45) is -1.68. The number of nitrogens with zero attached hydrogens (tertiary/aromatic N) is 1. The maximum Gasteiger partial charge on any atom is 0.272 e. The van der Waals surface area contributed by atoms with Crippen molar-refractivity contribution in [2.24, 2.45) is 4.99 Å². The quantitative estimate of drug-likeness (QED) is 0.336. The second-order valence-corrected chi connectivity index (χ2v) is 6.12. The van der Waals surface area contributed by atoms with Crippen molar-refractivity contribution in [1.29, 1.82) is 0 Å². The van der Waals surface area contributed by atoms with Gasteiger partial charge >= 0.3 is 0 Å². The fourth-order valence-electron chi connectivity index (χ4n) is 2.46. The number of guanidine groups is 1. The summed E-state index contributed by atoms with van der Waals surface area (Å²) in [5.74, 6) is 1.73. The van der Waals surface area contributed by atoms with E-state index in [4.69, 9.17) is 14.2 Å². The zero-order chi connectivity index (χ0) is 20.9. The lowest BCUT2D eigenvalue weighted by Gasteiger charge is -2.14. The van der Waals surface area contributed by atoms with Crippen LogP contribution in [0, 0.1) is 0 Å². The molecule has 0 aliphatic heterocycles. The molecule has 0 atom stereocenters. The molecule has 0 heterocycles. The predicted octanol–water partition coefficient (Wildman–Crippen LogP) is 3.93. The average Bonchev–Trinajstić information content (AvgIpc) is 2.73. The highest BCUT2D eigenvalue weighted by Crippen LogP contribution is 2.18. The Kier molecular flexibility index (Phi) is 9.71. The van der Waals surface area contributed by atoms with E-state index < -0.39 is 13.0 Å². The van der Waals surface area contributed by atoms with E-state index in [1.165, 1.54) is 0 Å². The molecule has 0 unspecified atom stereocenters. The molecule has 2 N–H and O–H groups in total. The summed E-state index contributed by atoms with van der Waals surface area (Å²) in [4.78, 5) is 4.20. The second kappa shape index (κ2) is 12.6. The minimum atomic E-state index is -2.50. The lowest BCUT2D eigenvalue weighted by Crippen LogP contribution is -2.30. The van der Waals surface area contributed by atoms with E-state index in [1.807, 2.05) is 30.3 Å². The van der Waals surface area contributed by atoms with Crippen molar-refractivity contribution in [2.45, 2.75) is 19.4 Å². The van der Waals surface area contributed by atoms with Crippen molar-refractivity contribution in [1.82, 2.24) is 5.32 Å². The molecule has 0 radical (unpaired) electrons. The standard InChI is InChI=1S/C21H27F2N3O3/c1-24-21(25-14-16-6-3-8-18(12-16)29-15-20(22)23)26-17-7-4-9-19(13-17)28-11-5-10-27-2/h3-4,6-9,12-13,20H,5,10-11,14-15H2,1-2H3,(H2,24,25,26). The average molecular weight is 407 g/mol. The number of rotatable bonds is 11. The Labute approximate surface area is 169 Å². The van der Waals surface area contributed by atoms with Crippen molar-refractivity contribution in [3.05, 3.63) is 54.1 Å². The maximum atomic E-state index is 12.3. The van der Waals surface area contributed by atoms with E-state index in [2.05, 4.69) is 15.6 Å². The van der Waals surface area contributed by atoms with Crippen molar-refractivity contribution >= 4 is 11.6 Å². The number of ether oxygens (including phenoxy) is 3. The molecule has 6 nitrogen and oxygen atoms in total. The molecule has 0 aliphatic rings. The summed E-state index contributed by atoms with van der Waals surface area (Å²) in [6.45, 7) is 1.07. The van der Waals surface area contributed by atoms with Gasteiger partial charge in [-0.1, -0.05) is 18.2 Å². The summed E-state index contributed by atoms with van der Waals surface area (Å²) >= 11 is 0. The van der Waals surface area contributed by atoms with E-state index in [0.29, 0.717) is 31.5 Å². The number of nitrogens with one attached hydrogen (secondary N) is 2. The van der Waals surface area contributed by atoms with Crippen LogP contribution in [0.25, 0.3) is 0 Å². The molecule has 2 rings (SSSR count). The Morgan fingerprint density at radius 1 is 1.03 bits per heavy atom. The maximum absolute atomic E-state index is 12.3. The van der Waals surface area contributed by atoms with Gasteiger partial charge in [0.2, 0.25) is 0 Å². The van der Waals surface area contributed by atoms with Crippen molar-refractivity contribution in [3.63, 3.8) is 0 Å². The third-order valence-corrected chi connectivity index (χ3v) is 3.82. The van der Waals surface area contributed by atoms with Crippen LogP contribution < -0.4 is 20.1 Å². The van der Waals surface area contributed by atoms with E-state index >= 15 is 0 Å². The molecule has 0 saturated carbocycles. The highest BCUT2D eigenvalue weighted by molar-refractivity contribution is 5.93. The zero-order valence-electron chi connectivity index (χ0n) is 16.7. The van der Waals surface area contributed by atoms with Crippen LogP contribution in [0.2, 0.25) is 0 Å². The molecule has 8 heteroatoms. The lowest BCUT2D eigenvalue weighted by atomic mass is 10.2. The minimum Gasteiger partial charge on any atom is -0.493 e. The van der Waals surface area contributed by atoms with Crippen LogP contribution in [0.1, 0.15) is 12.0 Å². The summed E-state index contributed by atoms with van der Waals surface area (Å²) in [6, 6.07) is 14.6. The number of hydrogen-bond donors (Lipinski definition) is 2. The molecule has 0 saturated heterocycles. The molecule has 0 aromatic heterocycles. The molecular formula is C21H27F2N3O3. The first-order valence-electron chi connectivity index (χ1n) is 9.30. The van der Waals surface area contributed by atoms with Gasteiger partial charge in [-0.25, -0.2) is 8.78 Å². The Morgan fingerprint density at radius 2 is 1.79 bits per heavy atom. The van der Waals surface area contributed by atoms with Crippen LogP contribution in [0.5, 0.6) is 11.5 Å². The van der Waals surface area contributed by atoms with Crippen molar-refractivity contribution in [2.75, 3.05) is 39.3 Å². The van der Waals surface area contributed by atoms with Crippen molar-refractivity contribution < 1.29 is 23.0 Å². The second-order valence-electron chi connectivity index (χ2n) is 6.12. The third kappa shape index (κ3) is 8.78. The number of methoxy groups -OCH3 is 1. The Bertz CT molecular complexity index is 772. The van der Waals surface area contributed by atoms with E-state index in [1.54, 1.807) is 32.4 Å². The smallest absolute Gasteiger partial charge is 0.272 e. The highest BCUT2D eigenvalue weighted by atomic mass is 19.3. The fraction of sp³-hybridized carbons (Fsp3) is 0.381. The van der Waals surface area contributed by atoms with Crippen molar-refractivity contribution in [3.8, 4) is 11.5 Å². The molecule has 0 spiro atoms. The first-order valence-corrected chi connectivity index (χ1v) is 9.30. The SMILES string of the molecule is CN=C(NCc1cccc(OCC(F)F)c1)Nc1cccc(OCCCOC)c1. The van der Waals surface area contributed by atoms with Crippen LogP contribution in [0.4, 0.5) is 14.5 Å². The van der Waals surface area contributed by atoms with Gasteiger partial charge in [-0.05, 0) is 29.8 Å². The summed E-state index contributed by atoms with van der Waals surface area (Å²) < 4.78 is 40.3. The Morgan fingerprint density at radius 3 is 2.52 bits per heavy atom. The molecule has 158 valence electrons. The first-order chi connectivity index (χ1) is 14.1. The molecule has 0 aliphatic carbocycles. The fourth-order valence-corrected chi connectivity index (χ4v) is 2.46. The summed E-state index contributed by atoms with van der Waals surface area (Å²) in [5, 5.41) is 6.38. The molecular weight excluding hydrogens is 380 g/mol. The van der Waals surface area contributed by atoms with Gasteiger partial charge in [0.05, 0.1) is 6.61 Å². The topological polar surface area (TPSA) is 64.1 Å². The number of hydrogen-bond acceptors (Lipinski definition) is 4. The van der Waals surface area contributed by atoms with Gasteiger partial charge in [-0.2, -0.15) is 0 Å².